The highest BCUT2D eigenvalue weighted by Gasteiger charge is 2.26. The fourth-order valence-corrected chi connectivity index (χ4v) is 7.66. The van der Waals surface area contributed by atoms with E-state index in [0.717, 1.165) is 55.7 Å². The van der Waals surface area contributed by atoms with Crippen molar-refractivity contribution >= 4 is 60.8 Å². The van der Waals surface area contributed by atoms with Crippen LogP contribution in [0.1, 0.15) is 0 Å². The maximum atomic E-state index is 6.70. The molecule has 0 amide bonds. The summed E-state index contributed by atoms with van der Waals surface area (Å²) >= 11 is 0. The standard InChI is InChI=1S/C48H32N2O/c1-4-14-33(15-5-1)35-24-28-38(29-25-35)49(39-30-26-36(27-31-39)34-16-6-2-7-17-34)43-32-45-46(41-21-11-13-23-44(41)51-45)47-40-20-10-12-22-42(40)50(48(43)47)37-18-8-3-9-19-37/h1-32H. The van der Waals surface area contributed by atoms with Crippen molar-refractivity contribution < 1.29 is 4.42 Å². The van der Waals surface area contributed by atoms with Gasteiger partial charge in [-0.3, -0.25) is 0 Å². The van der Waals surface area contributed by atoms with Crippen LogP contribution in [-0.4, -0.2) is 4.57 Å². The summed E-state index contributed by atoms with van der Waals surface area (Å²) in [6.45, 7) is 0. The molecule has 10 aromatic rings. The number of benzene rings is 8. The van der Waals surface area contributed by atoms with Crippen LogP contribution in [0.25, 0.3) is 71.7 Å². The summed E-state index contributed by atoms with van der Waals surface area (Å²) in [7, 11) is 0. The molecule has 0 saturated heterocycles. The Kier molecular flexibility index (Phi) is 6.81. The topological polar surface area (TPSA) is 21.3 Å². The van der Waals surface area contributed by atoms with Crippen LogP contribution in [0.5, 0.6) is 0 Å². The van der Waals surface area contributed by atoms with E-state index in [2.05, 4.69) is 198 Å². The van der Waals surface area contributed by atoms with Gasteiger partial charge < -0.3 is 13.9 Å². The second-order valence-corrected chi connectivity index (χ2v) is 12.9. The van der Waals surface area contributed by atoms with Crippen molar-refractivity contribution in [2.45, 2.75) is 0 Å². The Morgan fingerprint density at radius 2 is 0.882 bits per heavy atom. The van der Waals surface area contributed by atoms with Gasteiger partial charge in [0.25, 0.3) is 0 Å². The number of hydrogen-bond acceptors (Lipinski definition) is 2. The van der Waals surface area contributed by atoms with Crippen LogP contribution in [0.2, 0.25) is 0 Å². The van der Waals surface area contributed by atoms with Gasteiger partial charge in [-0.2, -0.15) is 0 Å². The summed E-state index contributed by atoms with van der Waals surface area (Å²) in [6.07, 6.45) is 0. The molecular formula is C48H32N2O. The summed E-state index contributed by atoms with van der Waals surface area (Å²) in [5.74, 6) is 0. The molecule has 8 aromatic carbocycles. The normalized spacial score (nSPS) is 11.5. The third-order valence-corrected chi connectivity index (χ3v) is 9.98. The van der Waals surface area contributed by atoms with E-state index in [1.54, 1.807) is 0 Å². The maximum Gasteiger partial charge on any atom is 0.138 e. The third-order valence-electron chi connectivity index (χ3n) is 9.98. The van der Waals surface area contributed by atoms with E-state index in [4.69, 9.17) is 4.42 Å². The number of furan rings is 1. The molecule has 2 heterocycles. The maximum absolute atomic E-state index is 6.70. The van der Waals surface area contributed by atoms with Gasteiger partial charge >= 0.3 is 0 Å². The number of nitrogens with zero attached hydrogens (tertiary/aromatic N) is 2. The molecule has 3 heteroatoms. The largest absolute Gasteiger partial charge is 0.456 e. The van der Waals surface area contributed by atoms with Crippen molar-refractivity contribution in [1.82, 2.24) is 4.57 Å². The lowest BCUT2D eigenvalue weighted by Gasteiger charge is -2.27. The molecule has 0 aliphatic heterocycles. The predicted molar refractivity (Wildman–Crippen MR) is 214 cm³/mol. The molecule has 0 bridgehead atoms. The zero-order valence-corrected chi connectivity index (χ0v) is 27.8. The Morgan fingerprint density at radius 1 is 0.392 bits per heavy atom. The highest BCUT2D eigenvalue weighted by atomic mass is 16.3. The number of hydrogen-bond donors (Lipinski definition) is 0. The molecule has 0 atom stereocenters. The van der Waals surface area contributed by atoms with Gasteiger partial charge in [-0.05, 0) is 70.8 Å². The molecule has 0 radical (unpaired) electrons. The fraction of sp³-hybridized carbons (Fsp3) is 0. The Morgan fingerprint density at radius 3 is 1.49 bits per heavy atom. The quantitative estimate of drug-likeness (QED) is 0.178. The first kappa shape index (κ1) is 29.1. The Hall–Kier alpha value is -6.84. The number of aromatic nitrogens is 1. The molecule has 0 unspecified atom stereocenters. The summed E-state index contributed by atoms with van der Waals surface area (Å²) in [6, 6.07) is 69.0. The van der Waals surface area contributed by atoms with Crippen LogP contribution in [0.4, 0.5) is 17.1 Å². The number of fused-ring (bicyclic) bond motifs is 7. The molecule has 10 rings (SSSR count). The molecule has 0 fully saturated rings. The van der Waals surface area contributed by atoms with Gasteiger partial charge in [0.05, 0.1) is 16.7 Å². The van der Waals surface area contributed by atoms with Gasteiger partial charge in [0.2, 0.25) is 0 Å². The van der Waals surface area contributed by atoms with E-state index in [-0.39, 0.29) is 0 Å². The molecule has 0 saturated carbocycles. The summed E-state index contributed by atoms with van der Waals surface area (Å²) in [5.41, 5.74) is 13.0. The molecule has 0 spiro atoms. The van der Waals surface area contributed by atoms with Gasteiger partial charge in [-0.25, -0.2) is 0 Å². The summed E-state index contributed by atoms with van der Waals surface area (Å²) in [5, 5.41) is 4.62. The van der Waals surface area contributed by atoms with Gasteiger partial charge in [0.15, 0.2) is 0 Å². The number of rotatable bonds is 6. The van der Waals surface area contributed by atoms with Crippen molar-refractivity contribution in [3.8, 4) is 27.9 Å². The minimum Gasteiger partial charge on any atom is -0.456 e. The Labute approximate surface area is 295 Å². The highest BCUT2D eigenvalue weighted by molar-refractivity contribution is 6.30. The second-order valence-electron chi connectivity index (χ2n) is 12.9. The number of para-hydroxylation sites is 3. The third kappa shape index (κ3) is 4.82. The first-order chi connectivity index (χ1) is 25.3. The average molecular weight is 653 g/mol. The van der Waals surface area contributed by atoms with E-state index >= 15 is 0 Å². The lowest BCUT2D eigenvalue weighted by Crippen LogP contribution is -2.12. The predicted octanol–water partition coefficient (Wildman–Crippen LogP) is 13.5. The summed E-state index contributed by atoms with van der Waals surface area (Å²) in [4.78, 5) is 2.39. The van der Waals surface area contributed by atoms with Crippen molar-refractivity contribution in [2.75, 3.05) is 4.90 Å². The van der Waals surface area contributed by atoms with Crippen molar-refractivity contribution in [1.29, 1.82) is 0 Å². The van der Waals surface area contributed by atoms with Crippen molar-refractivity contribution in [2.24, 2.45) is 0 Å². The smallest absolute Gasteiger partial charge is 0.138 e. The SMILES string of the molecule is c1ccc(-c2ccc(N(c3ccc(-c4ccccc4)cc3)c3cc4oc5ccccc5c4c4c5ccccc5n(-c5ccccc5)c34)cc2)cc1. The molecule has 2 aromatic heterocycles. The molecule has 0 aliphatic rings. The van der Waals surface area contributed by atoms with Gasteiger partial charge in [-0.15, -0.1) is 0 Å². The van der Waals surface area contributed by atoms with Crippen LogP contribution in [-0.2, 0) is 0 Å². The summed E-state index contributed by atoms with van der Waals surface area (Å²) < 4.78 is 9.13. The number of anilines is 3. The van der Waals surface area contributed by atoms with E-state index in [1.807, 2.05) is 6.07 Å². The molecule has 51 heavy (non-hydrogen) atoms. The molecular weight excluding hydrogens is 621 g/mol. The fourth-order valence-electron chi connectivity index (χ4n) is 7.66. The highest BCUT2D eigenvalue weighted by Crippen LogP contribution is 2.49. The molecule has 0 aliphatic carbocycles. The first-order valence-electron chi connectivity index (χ1n) is 17.4. The lowest BCUT2D eigenvalue weighted by molar-refractivity contribution is 0.669. The Bertz CT molecular complexity index is 2730. The van der Waals surface area contributed by atoms with Crippen LogP contribution in [0.15, 0.2) is 199 Å². The molecule has 0 N–H and O–H groups in total. The van der Waals surface area contributed by atoms with Crippen molar-refractivity contribution in [3.63, 3.8) is 0 Å². The minimum atomic E-state index is 0.862. The molecule has 3 nitrogen and oxygen atoms in total. The van der Waals surface area contributed by atoms with E-state index < -0.39 is 0 Å². The average Bonchev–Trinajstić information content (AvgIpc) is 3.75. The van der Waals surface area contributed by atoms with Crippen LogP contribution >= 0.6 is 0 Å². The van der Waals surface area contributed by atoms with Gasteiger partial charge in [-0.1, -0.05) is 140 Å². The van der Waals surface area contributed by atoms with Gasteiger partial charge in [0.1, 0.15) is 11.2 Å². The second kappa shape index (κ2) is 11.9. The van der Waals surface area contributed by atoms with Crippen LogP contribution in [0.3, 0.4) is 0 Å². The zero-order chi connectivity index (χ0) is 33.7. The van der Waals surface area contributed by atoms with E-state index in [1.165, 1.54) is 33.0 Å². The van der Waals surface area contributed by atoms with E-state index in [0.29, 0.717) is 0 Å². The monoisotopic (exact) mass is 652 g/mol. The zero-order valence-electron chi connectivity index (χ0n) is 27.8. The first-order valence-corrected chi connectivity index (χ1v) is 17.4. The van der Waals surface area contributed by atoms with E-state index in [9.17, 15) is 0 Å². The minimum absolute atomic E-state index is 0.862. The van der Waals surface area contributed by atoms with Crippen molar-refractivity contribution in [3.05, 3.63) is 194 Å². The lowest BCUT2D eigenvalue weighted by atomic mass is 10.0. The molecule has 240 valence electrons. The van der Waals surface area contributed by atoms with Crippen LogP contribution in [0, 0.1) is 0 Å². The van der Waals surface area contributed by atoms with Crippen LogP contribution < -0.4 is 4.90 Å². The Balaban J connectivity index is 1.31. The van der Waals surface area contributed by atoms with Gasteiger partial charge in [0, 0.05) is 44.7 Å².